The summed E-state index contributed by atoms with van der Waals surface area (Å²) in [5.74, 6) is 0.711. The minimum absolute atomic E-state index is 0.322. The minimum Gasteiger partial charge on any atom is -0.117 e. The summed E-state index contributed by atoms with van der Waals surface area (Å²) in [4.78, 5) is 1.28. The van der Waals surface area contributed by atoms with Gasteiger partial charge in [0.1, 0.15) is 0 Å². The van der Waals surface area contributed by atoms with Crippen LogP contribution < -0.4 is 0 Å². The molecule has 2 aromatic rings. The zero-order chi connectivity index (χ0) is 24.8. The molecule has 1 heterocycles. The standard InChI is InChI=1S/C34H36S/c1-6-27(25(5)34-30(8-3)31-19-12-13-20-33(31)35-34)23-28(7-2)32(22-26-16-10-9-11-17-26)29-18-14-15-24(4)21-29/h6,8-21,23,31-33H,3,5,7,22H2,1-2,4H3/b27-6+,28-23+. The van der Waals surface area contributed by atoms with E-state index in [1.807, 2.05) is 17.8 Å². The van der Waals surface area contributed by atoms with Crippen molar-refractivity contribution in [3.8, 4) is 0 Å². The van der Waals surface area contributed by atoms with Gasteiger partial charge in [0.05, 0.1) is 0 Å². The zero-order valence-electron chi connectivity index (χ0n) is 21.2. The molecule has 0 nitrogen and oxygen atoms in total. The molecule has 2 aromatic carbocycles. The van der Waals surface area contributed by atoms with Crippen LogP contribution in [0.15, 0.2) is 137 Å². The topological polar surface area (TPSA) is 0 Å². The summed E-state index contributed by atoms with van der Waals surface area (Å²) < 4.78 is 0. The lowest BCUT2D eigenvalue weighted by Gasteiger charge is -2.22. The molecule has 1 aliphatic heterocycles. The summed E-state index contributed by atoms with van der Waals surface area (Å²) in [6.07, 6.45) is 17.5. The molecule has 3 unspecified atom stereocenters. The monoisotopic (exact) mass is 476 g/mol. The van der Waals surface area contributed by atoms with E-state index in [4.69, 9.17) is 0 Å². The smallest absolute Gasteiger partial charge is 0.0381 e. The zero-order valence-corrected chi connectivity index (χ0v) is 22.0. The van der Waals surface area contributed by atoms with E-state index in [0.717, 1.165) is 18.4 Å². The van der Waals surface area contributed by atoms with Gasteiger partial charge in [-0.25, -0.2) is 0 Å². The van der Waals surface area contributed by atoms with E-state index in [1.54, 1.807) is 0 Å². The van der Waals surface area contributed by atoms with Crippen LogP contribution in [0, 0.1) is 12.8 Å². The molecular weight excluding hydrogens is 440 g/mol. The van der Waals surface area contributed by atoms with Gasteiger partial charge in [0, 0.05) is 22.0 Å². The van der Waals surface area contributed by atoms with Gasteiger partial charge in [-0.05, 0) is 54.5 Å². The molecule has 0 amide bonds. The molecule has 0 saturated carbocycles. The fraction of sp³-hybridized carbons (Fsp3) is 0.235. The third-order valence-corrected chi connectivity index (χ3v) is 8.48. The summed E-state index contributed by atoms with van der Waals surface area (Å²) >= 11 is 1.92. The Kier molecular flexibility index (Phi) is 8.31. The highest BCUT2D eigenvalue weighted by atomic mass is 32.2. The number of allylic oxidation sites excluding steroid dienone is 10. The Labute approximate surface area is 216 Å². The maximum Gasteiger partial charge on any atom is 0.0381 e. The molecule has 0 N–H and O–H groups in total. The van der Waals surface area contributed by atoms with Gasteiger partial charge in [0.15, 0.2) is 0 Å². The molecule has 1 aliphatic carbocycles. The number of fused-ring (bicyclic) bond motifs is 1. The Morgan fingerprint density at radius 1 is 1.06 bits per heavy atom. The highest BCUT2D eigenvalue weighted by Gasteiger charge is 2.33. The van der Waals surface area contributed by atoms with Crippen LogP contribution in [0.3, 0.4) is 0 Å². The van der Waals surface area contributed by atoms with Crippen molar-refractivity contribution in [1.29, 1.82) is 0 Å². The van der Waals surface area contributed by atoms with E-state index in [9.17, 15) is 0 Å². The quantitative estimate of drug-likeness (QED) is 0.325. The van der Waals surface area contributed by atoms with Crippen LogP contribution >= 0.6 is 11.8 Å². The average Bonchev–Trinajstić information content (AvgIpc) is 3.27. The van der Waals surface area contributed by atoms with Gasteiger partial charge in [-0.1, -0.05) is 128 Å². The van der Waals surface area contributed by atoms with Gasteiger partial charge >= 0.3 is 0 Å². The molecule has 0 spiro atoms. The highest BCUT2D eigenvalue weighted by molar-refractivity contribution is 8.04. The van der Waals surface area contributed by atoms with Crippen molar-refractivity contribution in [2.24, 2.45) is 5.92 Å². The van der Waals surface area contributed by atoms with Crippen molar-refractivity contribution in [2.75, 3.05) is 0 Å². The Morgan fingerprint density at radius 2 is 1.83 bits per heavy atom. The number of thioether (sulfide) groups is 1. The predicted molar refractivity (Wildman–Crippen MR) is 156 cm³/mol. The lowest BCUT2D eigenvalue weighted by Crippen LogP contribution is -2.10. The second-order valence-corrected chi connectivity index (χ2v) is 10.5. The maximum absolute atomic E-state index is 4.59. The van der Waals surface area contributed by atoms with Crippen molar-refractivity contribution in [1.82, 2.24) is 0 Å². The van der Waals surface area contributed by atoms with Gasteiger partial charge in [-0.15, -0.1) is 11.8 Å². The van der Waals surface area contributed by atoms with Crippen molar-refractivity contribution in [3.63, 3.8) is 0 Å². The molecule has 3 atom stereocenters. The van der Waals surface area contributed by atoms with E-state index in [1.165, 1.54) is 38.3 Å². The average molecular weight is 477 g/mol. The minimum atomic E-state index is 0.322. The highest BCUT2D eigenvalue weighted by Crippen LogP contribution is 2.49. The predicted octanol–water partition coefficient (Wildman–Crippen LogP) is 9.46. The van der Waals surface area contributed by atoms with Crippen LogP contribution in [0.5, 0.6) is 0 Å². The lowest BCUT2D eigenvalue weighted by atomic mass is 9.82. The van der Waals surface area contributed by atoms with Gasteiger partial charge in [-0.3, -0.25) is 0 Å². The first-order valence-electron chi connectivity index (χ1n) is 12.6. The van der Waals surface area contributed by atoms with E-state index in [-0.39, 0.29) is 0 Å². The summed E-state index contributed by atoms with van der Waals surface area (Å²) in [6, 6.07) is 19.8. The summed E-state index contributed by atoms with van der Waals surface area (Å²) in [7, 11) is 0. The Bertz CT molecular complexity index is 1230. The number of benzene rings is 2. The lowest BCUT2D eigenvalue weighted by molar-refractivity contribution is 0.751. The van der Waals surface area contributed by atoms with Gasteiger partial charge < -0.3 is 0 Å². The normalized spacial score (nSPS) is 20.7. The Hall–Kier alpha value is -3.03. The van der Waals surface area contributed by atoms with Crippen LogP contribution in [0.1, 0.15) is 42.9 Å². The molecule has 178 valence electrons. The van der Waals surface area contributed by atoms with Crippen LogP contribution in [0.25, 0.3) is 0 Å². The molecule has 1 heteroatoms. The third kappa shape index (κ3) is 5.63. The second-order valence-electron chi connectivity index (χ2n) is 9.32. The number of hydrogen-bond donors (Lipinski definition) is 0. The fourth-order valence-electron chi connectivity index (χ4n) is 5.13. The molecule has 0 saturated heterocycles. The summed E-state index contributed by atoms with van der Waals surface area (Å²) in [5, 5.41) is 0.436. The second kappa shape index (κ2) is 11.6. The summed E-state index contributed by atoms with van der Waals surface area (Å²) in [5.41, 5.74) is 9.11. The number of aryl methyl sites for hydroxylation is 1. The Balaban J connectivity index is 1.71. The first kappa shape index (κ1) is 25.1. The van der Waals surface area contributed by atoms with Crippen molar-refractivity contribution >= 4 is 11.8 Å². The van der Waals surface area contributed by atoms with Crippen molar-refractivity contribution in [3.05, 3.63) is 154 Å². The van der Waals surface area contributed by atoms with Crippen LogP contribution in [-0.2, 0) is 6.42 Å². The van der Waals surface area contributed by atoms with Gasteiger partial charge in [0.25, 0.3) is 0 Å². The molecule has 4 rings (SSSR count). The maximum atomic E-state index is 4.59. The van der Waals surface area contributed by atoms with Crippen LogP contribution in [-0.4, -0.2) is 5.25 Å². The third-order valence-electron chi connectivity index (χ3n) is 7.04. The van der Waals surface area contributed by atoms with Crippen LogP contribution in [0.4, 0.5) is 0 Å². The van der Waals surface area contributed by atoms with Crippen molar-refractivity contribution < 1.29 is 0 Å². The molecule has 35 heavy (non-hydrogen) atoms. The first-order chi connectivity index (χ1) is 17.0. The largest absolute Gasteiger partial charge is 0.117 e. The van der Waals surface area contributed by atoms with Gasteiger partial charge in [-0.2, -0.15) is 0 Å². The van der Waals surface area contributed by atoms with Crippen molar-refractivity contribution in [2.45, 2.75) is 44.8 Å². The van der Waals surface area contributed by atoms with Gasteiger partial charge in [0.2, 0.25) is 0 Å². The molecule has 2 aliphatic rings. The molecular formula is C34H36S. The molecule has 0 fully saturated rings. The summed E-state index contributed by atoms with van der Waals surface area (Å²) in [6.45, 7) is 15.3. The number of hydrogen-bond acceptors (Lipinski definition) is 1. The van der Waals surface area contributed by atoms with E-state index >= 15 is 0 Å². The van der Waals surface area contributed by atoms with E-state index < -0.39 is 0 Å². The SMILES string of the molecule is C=CC1=C(C(=C)C(=C/C)/C=C(\CC)C(Cc2ccccc2)c2cccc(C)c2)SC2C=CC=CC12. The molecule has 0 aromatic heterocycles. The van der Waals surface area contributed by atoms with E-state index in [2.05, 4.69) is 125 Å². The Morgan fingerprint density at radius 3 is 2.51 bits per heavy atom. The molecule has 0 bridgehead atoms. The first-order valence-corrected chi connectivity index (χ1v) is 13.5. The van der Waals surface area contributed by atoms with E-state index in [0.29, 0.717) is 17.1 Å². The van der Waals surface area contributed by atoms with Crippen LogP contribution in [0.2, 0.25) is 0 Å². The molecule has 0 radical (unpaired) electrons. The number of rotatable bonds is 9. The fourth-order valence-corrected chi connectivity index (χ4v) is 6.57.